The van der Waals surface area contributed by atoms with E-state index in [1.807, 2.05) is 30.3 Å². The molecule has 0 fully saturated rings. The summed E-state index contributed by atoms with van der Waals surface area (Å²) in [4.78, 5) is 52.6. The van der Waals surface area contributed by atoms with Gasteiger partial charge >= 0.3 is 18.0 Å². The molecule has 1 heterocycles. The number of nitrogens with one attached hydrogen (secondary N) is 4. The van der Waals surface area contributed by atoms with Gasteiger partial charge in [0.2, 0.25) is 0 Å². The molecule has 2 aromatic carbocycles. The zero-order chi connectivity index (χ0) is 25.4. The van der Waals surface area contributed by atoms with Gasteiger partial charge in [0.1, 0.15) is 18.2 Å². The highest BCUT2D eigenvalue weighted by Crippen LogP contribution is 2.19. The Labute approximate surface area is 202 Å². The molecule has 0 aliphatic heterocycles. The van der Waals surface area contributed by atoms with Crippen molar-refractivity contribution >= 4 is 34.8 Å². The van der Waals surface area contributed by atoms with Crippen LogP contribution in [0.3, 0.4) is 0 Å². The number of fused-ring (bicyclic) bond motifs is 1. The number of esters is 1. The van der Waals surface area contributed by atoms with Gasteiger partial charge in [0.05, 0.1) is 0 Å². The van der Waals surface area contributed by atoms with E-state index >= 15 is 0 Å². The van der Waals surface area contributed by atoms with Crippen LogP contribution >= 0.6 is 0 Å². The first-order valence-electron chi connectivity index (χ1n) is 11.0. The Hall–Kier alpha value is -4.34. The van der Waals surface area contributed by atoms with Crippen molar-refractivity contribution in [2.75, 3.05) is 0 Å². The molecule has 1 aromatic heterocycles. The Balaban J connectivity index is 1.66. The van der Waals surface area contributed by atoms with E-state index in [2.05, 4.69) is 21.2 Å². The molecule has 10 nitrogen and oxygen atoms in total. The third-order valence-corrected chi connectivity index (χ3v) is 4.81. The predicted molar refractivity (Wildman–Crippen MR) is 128 cm³/mol. The Morgan fingerprint density at radius 1 is 0.943 bits per heavy atom. The Kier molecular flexibility index (Phi) is 8.08. The number of aromatic amines is 1. The Morgan fingerprint density at radius 2 is 1.63 bits per heavy atom. The molecule has 1 atom stereocenters. The molecule has 0 saturated heterocycles. The van der Waals surface area contributed by atoms with E-state index in [9.17, 15) is 19.2 Å². The number of carbonyl (C=O) groups excluding carboxylic acids is 4. The third-order valence-electron chi connectivity index (χ3n) is 4.81. The number of ether oxygens (including phenoxy) is 2. The fraction of sp³-hybridized carbons (Fsp3) is 0.280. The minimum Gasteiger partial charge on any atom is -0.453 e. The number of H-pyrrole nitrogens is 1. The van der Waals surface area contributed by atoms with Crippen LogP contribution in [0.4, 0.5) is 4.79 Å². The number of amides is 3. The van der Waals surface area contributed by atoms with Crippen molar-refractivity contribution in [3.8, 4) is 0 Å². The van der Waals surface area contributed by atoms with Crippen molar-refractivity contribution in [3.63, 3.8) is 0 Å². The first-order valence-corrected chi connectivity index (χ1v) is 11.0. The van der Waals surface area contributed by atoms with E-state index in [4.69, 9.17) is 9.47 Å². The van der Waals surface area contributed by atoms with Crippen LogP contribution in [0.15, 0.2) is 60.8 Å². The summed E-state index contributed by atoms with van der Waals surface area (Å²) >= 11 is 0. The van der Waals surface area contributed by atoms with Crippen LogP contribution in [-0.4, -0.2) is 40.5 Å². The number of aromatic nitrogens is 1. The number of para-hydroxylation sites is 1. The van der Waals surface area contributed by atoms with Crippen molar-refractivity contribution in [3.05, 3.63) is 71.9 Å². The maximum Gasteiger partial charge on any atom is 0.426 e. The molecule has 0 saturated carbocycles. The van der Waals surface area contributed by atoms with Gasteiger partial charge in [-0.1, -0.05) is 48.5 Å². The highest BCUT2D eigenvalue weighted by molar-refractivity contribution is 6.33. The molecule has 0 radical (unpaired) electrons. The van der Waals surface area contributed by atoms with Crippen molar-refractivity contribution < 1.29 is 28.7 Å². The number of hydrazine groups is 1. The molecule has 0 aliphatic carbocycles. The maximum atomic E-state index is 12.9. The molecular weight excluding hydrogens is 452 g/mol. The van der Waals surface area contributed by atoms with Crippen LogP contribution in [0, 0.1) is 0 Å². The first-order chi connectivity index (χ1) is 16.6. The van der Waals surface area contributed by atoms with Gasteiger partial charge in [-0.2, -0.15) is 0 Å². The quantitative estimate of drug-likeness (QED) is 0.243. The standard InChI is InChI=1S/C25H28N4O6/c1-25(2,3)35-23(32)22(31)27-20(13-17-14-26-19-12-8-7-11-18(17)19)21(30)28-29-24(33)34-15-16-9-5-4-6-10-16/h4-12,14,20,26H,13,15H2,1-3H3,(H,27,31)(H,28,30)(H,29,33)/t20-/m1/s1. The summed E-state index contributed by atoms with van der Waals surface area (Å²) in [6.07, 6.45) is 0.878. The van der Waals surface area contributed by atoms with Crippen LogP contribution in [0.5, 0.6) is 0 Å². The van der Waals surface area contributed by atoms with Gasteiger partial charge in [0.15, 0.2) is 0 Å². The average molecular weight is 481 g/mol. The summed E-state index contributed by atoms with van der Waals surface area (Å²) in [7, 11) is 0. The lowest BCUT2D eigenvalue weighted by Crippen LogP contribution is -2.54. The molecule has 35 heavy (non-hydrogen) atoms. The second-order valence-corrected chi connectivity index (χ2v) is 8.77. The van der Waals surface area contributed by atoms with Gasteiger partial charge in [0, 0.05) is 23.5 Å². The molecule has 3 aromatic rings. The van der Waals surface area contributed by atoms with Gasteiger partial charge < -0.3 is 19.8 Å². The number of hydrogen-bond acceptors (Lipinski definition) is 6. The SMILES string of the molecule is CC(C)(C)OC(=O)C(=O)N[C@H](Cc1c[nH]c2ccccc12)C(=O)NNC(=O)OCc1ccccc1. The van der Waals surface area contributed by atoms with Crippen molar-refractivity contribution in [1.29, 1.82) is 0 Å². The summed E-state index contributed by atoms with van der Waals surface area (Å²) in [6, 6.07) is 15.3. The van der Waals surface area contributed by atoms with E-state index in [0.717, 1.165) is 22.0 Å². The second kappa shape index (κ2) is 11.2. The molecule has 10 heteroatoms. The van der Waals surface area contributed by atoms with Crippen LogP contribution in [-0.2, 0) is 36.9 Å². The largest absolute Gasteiger partial charge is 0.453 e. The van der Waals surface area contributed by atoms with Crippen molar-refractivity contribution in [2.24, 2.45) is 0 Å². The molecule has 3 rings (SSSR count). The highest BCUT2D eigenvalue weighted by atomic mass is 16.6. The molecule has 3 amide bonds. The lowest BCUT2D eigenvalue weighted by Gasteiger charge is -2.21. The second-order valence-electron chi connectivity index (χ2n) is 8.77. The Morgan fingerprint density at radius 3 is 2.34 bits per heavy atom. The monoisotopic (exact) mass is 480 g/mol. The summed E-state index contributed by atoms with van der Waals surface area (Å²) in [5.74, 6) is -2.94. The topological polar surface area (TPSA) is 139 Å². The number of carbonyl (C=O) groups is 4. The van der Waals surface area contributed by atoms with Gasteiger partial charge in [-0.3, -0.25) is 15.0 Å². The van der Waals surface area contributed by atoms with Crippen molar-refractivity contribution in [1.82, 2.24) is 21.2 Å². The van der Waals surface area contributed by atoms with Gasteiger partial charge in [-0.25, -0.2) is 15.0 Å². The minimum absolute atomic E-state index is 0.0106. The van der Waals surface area contributed by atoms with Crippen LogP contribution in [0.2, 0.25) is 0 Å². The minimum atomic E-state index is -1.19. The predicted octanol–water partition coefficient (Wildman–Crippen LogP) is 2.49. The van der Waals surface area contributed by atoms with E-state index in [1.54, 1.807) is 51.2 Å². The van der Waals surface area contributed by atoms with Crippen LogP contribution in [0.25, 0.3) is 10.9 Å². The third kappa shape index (κ3) is 7.60. The summed E-state index contributed by atoms with van der Waals surface area (Å²) < 4.78 is 10.1. The zero-order valence-corrected chi connectivity index (χ0v) is 19.7. The smallest absolute Gasteiger partial charge is 0.426 e. The van der Waals surface area contributed by atoms with E-state index < -0.39 is 35.5 Å². The van der Waals surface area contributed by atoms with Crippen molar-refractivity contribution in [2.45, 2.75) is 45.4 Å². The number of hydrogen-bond donors (Lipinski definition) is 4. The van der Waals surface area contributed by atoms with E-state index in [1.165, 1.54) is 0 Å². The summed E-state index contributed by atoms with van der Waals surface area (Å²) in [5, 5.41) is 3.25. The summed E-state index contributed by atoms with van der Waals surface area (Å²) in [5.41, 5.74) is 5.86. The van der Waals surface area contributed by atoms with Gasteiger partial charge in [-0.15, -0.1) is 0 Å². The molecule has 0 unspecified atom stereocenters. The lowest BCUT2D eigenvalue weighted by atomic mass is 10.0. The molecule has 4 N–H and O–H groups in total. The Bertz CT molecular complexity index is 1200. The average Bonchev–Trinajstić information content (AvgIpc) is 3.23. The lowest BCUT2D eigenvalue weighted by molar-refractivity contribution is -0.163. The normalized spacial score (nSPS) is 11.9. The first kappa shape index (κ1) is 25.3. The van der Waals surface area contributed by atoms with E-state index in [0.29, 0.717) is 0 Å². The van der Waals surface area contributed by atoms with Crippen LogP contribution < -0.4 is 16.2 Å². The molecule has 0 bridgehead atoms. The zero-order valence-electron chi connectivity index (χ0n) is 19.7. The van der Waals surface area contributed by atoms with Gasteiger partial charge in [-0.05, 0) is 38.0 Å². The van der Waals surface area contributed by atoms with E-state index in [-0.39, 0.29) is 13.0 Å². The molecule has 0 aliphatic rings. The van der Waals surface area contributed by atoms with Crippen LogP contribution in [0.1, 0.15) is 31.9 Å². The number of benzene rings is 2. The molecular formula is C25H28N4O6. The van der Waals surface area contributed by atoms with Gasteiger partial charge in [0.25, 0.3) is 5.91 Å². The fourth-order valence-corrected chi connectivity index (χ4v) is 3.23. The summed E-state index contributed by atoms with van der Waals surface area (Å²) in [6.45, 7) is 4.88. The molecule has 184 valence electrons. The number of rotatable bonds is 6. The maximum absolute atomic E-state index is 12.9. The molecule has 0 spiro atoms. The highest BCUT2D eigenvalue weighted by Gasteiger charge is 2.29. The fourth-order valence-electron chi connectivity index (χ4n) is 3.23.